The predicted molar refractivity (Wildman–Crippen MR) is 77.2 cm³/mol. The van der Waals surface area contributed by atoms with Gasteiger partial charge in [-0.15, -0.1) is 0 Å². The van der Waals surface area contributed by atoms with Crippen LogP contribution in [-0.4, -0.2) is 21.0 Å². The average Bonchev–Trinajstić information content (AvgIpc) is 3.17. The molecule has 0 radical (unpaired) electrons. The summed E-state index contributed by atoms with van der Waals surface area (Å²) in [5.41, 5.74) is 0.554. The van der Waals surface area contributed by atoms with Crippen molar-refractivity contribution in [2.24, 2.45) is 0 Å². The van der Waals surface area contributed by atoms with Gasteiger partial charge in [-0.3, -0.25) is 4.79 Å². The summed E-state index contributed by atoms with van der Waals surface area (Å²) < 4.78 is 10.4. The smallest absolute Gasteiger partial charge is 0.289 e. The fourth-order valence-electron chi connectivity index (χ4n) is 2.79. The molecule has 22 heavy (non-hydrogen) atoms. The molecule has 2 aromatic heterocycles. The van der Waals surface area contributed by atoms with E-state index in [0.29, 0.717) is 17.5 Å². The Morgan fingerprint density at radius 2 is 2.14 bits per heavy atom. The van der Waals surface area contributed by atoms with E-state index in [1.54, 1.807) is 6.92 Å². The van der Waals surface area contributed by atoms with Crippen LogP contribution in [0, 0.1) is 6.92 Å². The number of aromatic nitrogens is 3. The van der Waals surface area contributed by atoms with Crippen LogP contribution in [0.4, 0.5) is 0 Å². The Morgan fingerprint density at radius 1 is 1.36 bits per heavy atom. The summed E-state index contributed by atoms with van der Waals surface area (Å²) >= 11 is 0. The highest BCUT2D eigenvalue weighted by Crippen LogP contribution is 2.31. The van der Waals surface area contributed by atoms with Crippen LogP contribution in [0.25, 0.3) is 0 Å². The Hall–Kier alpha value is -2.18. The number of hydrogen-bond donors (Lipinski definition) is 1. The van der Waals surface area contributed by atoms with Crippen LogP contribution in [0.1, 0.15) is 79.0 Å². The standard InChI is InChI=1S/C15H20N4O3/c1-9-12(21-8-16-9)14(20)17-10(2)15-18-13(19-22-15)11-6-4-3-5-7-11/h8,10-11H,3-7H2,1-2H3,(H,17,20). The molecule has 1 saturated carbocycles. The molecule has 0 saturated heterocycles. The number of aryl methyl sites for hydroxylation is 1. The first-order valence-corrected chi connectivity index (χ1v) is 7.69. The molecule has 7 nitrogen and oxygen atoms in total. The summed E-state index contributed by atoms with van der Waals surface area (Å²) in [4.78, 5) is 20.4. The van der Waals surface area contributed by atoms with Crippen molar-refractivity contribution >= 4 is 5.91 Å². The molecular formula is C15H20N4O3. The second-order valence-corrected chi connectivity index (χ2v) is 5.79. The molecule has 7 heteroatoms. The third kappa shape index (κ3) is 3.03. The lowest BCUT2D eigenvalue weighted by Crippen LogP contribution is -2.27. The molecule has 1 aliphatic rings. The van der Waals surface area contributed by atoms with E-state index >= 15 is 0 Å². The molecule has 1 N–H and O–H groups in total. The lowest BCUT2D eigenvalue weighted by molar-refractivity contribution is 0.0903. The van der Waals surface area contributed by atoms with Crippen molar-refractivity contribution in [3.8, 4) is 0 Å². The highest BCUT2D eigenvalue weighted by atomic mass is 16.5. The molecule has 0 bridgehead atoms. The monoisotopic (exact) mass is 304 g/mol. The minimum atomic E-state index is -0.373. The van der Waals surface area contributed by atoms with E-state index in [1.807, 2.05) is 6.92 Å². The van der Waals surface area contributed by atoms with Gasteiger partial charge in [0.1, 0.15) is 6.04 Å². The lowest BCUT2D eigenvalue weighted by Gasteiger charge is -2.17. The van der Waals surface area contributed by atoms with Gasteiger partial charge in [0.2, 0.25) is 11.7 Å². The Labute approximate surface area is 128 Å². The molecule has 1 unspecified atom stereocenters. The lowest BCUT2D eigenvalue weighted by atomic mass is 9.89. The Kier molecular flexibility index (Phi) is 4.22. The van der Waals surface area contributed by atoms with Gasteiger partial charge in [0.05, 0.1) is 5.69 Å². The summed E-state index contributed by atoms with van der Waals surface area (Å²) in [6, 6.07) is -0.373. The maximum atomic E-state index is 12.1. The van der Waals surface area contributed by atoms with E-state index in [2.05, 4.69) is 20.4 Å². The minimum Gasteiger partial charge on any atom is -0.438 e. The van der Waals surface area contributed by atoms with Crippen LogP contribution < -0.4 is 5.32 Å². The normalized spacial score (nSPS) is 17.4. The number of nitrogens with one attached hydrogen (secondary N) is 1. The highest BCUT2D eigenvalue weighted by molar-refractivity contribution is 5.92. The maximum Gasteiger partial charge on any atom is 0.289 e. The topological polar surface area (TPSA) is 94.1 Å². The van der Waals surface area contributed by atoms with E-state index in [-0.39, 0.29) is 17.7 Å². The Balaban J connectivity index is 1.65. The molecule has 0 aromatic carbocycles. The number of nitrogens with zero attached hydrogens (tertiary/aromatic N) is 3. The summed E-state index contributed by atoms with van der Waals surface area (Å²) in [6.07, 6.45) is 7.18. The quantitative estimate of drug-likeness (QED) is 0.933. The van der Waals surface area contributed by atoms with Gasteiger partial charge in [-0.25, -0.2) is 4.98 Å². The Bertz CT molecular complexity index is 643. The molecule has 2 aromatic rings. The van der Waals surface area contributed by atoms with Crippen LogP contribution in [0.3, 0.4) is 0 Å². The number of carbonyl (C=O) groups excluding carboxylic acids is 1. The summed E-state index contributed by atoms with van der Waals surface area (Å²) in [6.45, 7) is 3.53. The van der Waals surface area contributed by atoms with Crippen LogP contribution in [0.15, 0.2) is 15.3 Å². The van der Waals surface area contributed by atoms with Gasteiger partial charge < -0.3 is 14.3 Å². The SMILES string of the molecule is Cc1ncoc1C(=O)NC(C)c1nc(C2CCCCC2)no1. The van der Waals surface area contributed by atoms with Gasteiger partial charge in [-0.1, -0.05) is 24.4 Å². The van der Waals surface area contributed by atoms with Gasteiger partial charge in [0.15, 0.2) is 12.2 Å². The highest BCUT2D eigenvalue weighted by Gasteiger charge is 2.24. The average molecular weight is 304 g/mol. The Morgan fingerprint density at radius 3 is 2.82 bits per heavy atom. The summed E-state index contributed by atoms with van der Waals surface area (Å²) in [5.74, 6) is 1.43. The molecule has 1 aliphatic carbocycles. The van der Waals surface area contributed by atoms with Crippen molar-refractivity contribution in [1.29, 1.82) is 0 Å². The molecule has 3 rings (SSSR count). The van der Waals surface area contributed by atoms with Crippen molar-refractivity contribution in [2.75, 3.05) is 0 Å². The van der Waals surface area contributed by atoms with Gasteiger partial charge in [0.25, 0.3) is 5.91 Å². The third-order valence-electron chi connectivity index (χ3n) is 4.10. The van der Waals surface area contributed by atoms with E-state index in [0.717, 1.165) is 18.7 Å². The van der Waals surface area contributed by atoms with E-state index in [9.17, 15) is 4.79 Å². The molecule has 1 amide bonds. The summed E-state index contributed by atoms with van der Waals surface area (Å²) in [5, 5.41) is 6.86. The summed E-state index contributed by atoms with van der Waals surface area (Å²) in [7, 11) is 0. The zero-order valence-electron chi connectivity index (χ0n) is 12.8. The number of oxazole rings is 1. The maximum absolute atomic E-state index is 12.1. The first-order valence-electron chi connectivity index (χ1n) is 7.69. The predicted octanol–water partition coefficient (Wildman–Crippen LogP) is 2.90. The van der Waals surface area contributed by atoms with Crippen LogP contribution in [0.2, 0.25) is 0 Å². The molecule has 0 spiro atoms. The zero-order chi connectivity index (χ0) is 15.5. The van der Waals surface area contributed by atoms with Crippen LogP contribution >= 0.6 is 0 Å². The molecule has 1 fully saturated rings. The van der Waals surface area contributed by atoms with E-state index in [4.69, 9.17) is 8.94 Å². The second kappa shape index (κ2) is 6.29. The van der Waals surface area contributed by atoms with Crippen molar-refractivity contribution in [1.82, 2.24) is 20.4 Å². The van der Waals surface area contributed by atoms with Gasteiger partial charge in [0, 0.05) is 5.92 Å². The van der Waals surface area contributed by atoms with Gasteiger partial charge >= 0.3 is 0 Å². The van der Waals surface area contributed by atoms with Crippen molar-refractivity contribution in [3.63, 3.8) is 0 Å². The van der Waals surface area contributed by atoms with Gasteiger partial charge in [-0.05, 0) is 26.7 Å². The van der Waals surface area contributed by atoms with Crippen molar-refractivity contribution < 1.29 is 13.7 Å². The van der Waals surface area contributed by atoms with E-state index in [1.165, 1.54) is 25.7 Å². The largest absolute Gasteiger partial charge is 0.438 e. The van der Waals surface area contributed by atoms with Gasteiger partial charge in [-0.2, -0.15) is 4.98 Å². The van der Waals surface area contributed by atoms with E-state index < -0.39 is 0 Å². The number of amides is 1. The first kappa shape index (κ1) is 14.7. The molecule has 118 valence electrons. The molecule has 1 atom stereocenters. The second-order valence-electron chi connectivity index (χ2n) is 5.79. The molecule has 0 aliphatic heterocycles. The van der Waals surface area contributed by atoms with Crippen molar-refractivity contribution in [3.05, 3.63) is 29.6 Å². The number of carbonyl (C=O) groups is 1. The van der Waals surface area contributed by atoms with Crippen LogP contribution in [0.5, 0.6) is 0 Å². The van der Waals surface area contributed by atoms with Crippen molar-refractivity contribution in [2.45, 2.75) is 57.9 Å². The molecular weight excluding hydrogens is 284 g/mol. The zero-order valence-corrected chi connectivity index (χ0v) is 12.8. The van der Waals surface area contributed by atoms with Crippen LogP contribution in [-0.2, 0) is 0 Å². The third-order valence-corrected chi connectivity index (χ3v) is 4.10. The fraction of sp³-hybridized carbons (Fsp3) is 0.600. The number of rotatable bonds is 4. The fourth-order valence-corrected chi connectivity index (χ4v) is 2.79. The molecule has 2 heterocycles. The number of hydrogen-bond acceptors (Lipinski definition) is 6. The first-order chi connectivity index (χ1) is 10.6. The minimum absolute atomic E-state index is 0.207.